The lowest BCUT2D eigenvalue weighted by Crippen LogP contribution is -2.12. The summed E-state index contributed by atoms with van der Waals surface area (Å²) < 4.78 is 0. The zero-order valence-electron chi connectivity index (χ0n) is 6.18. The second-order valence-electron chi connectivity index (χ2n) is 2.98. The van der Waals surface area contributed by atoms with Crippen LogP contribution in [0, 0.1) is 0 Å². The summed E-state index contributed by atoms with van der Waals surface area (Å²) in [5.74, 6) is 0.318. The minimum Gasteiger partial charge on any atom is -0.393 e. The molecule has 0 saturated heterocycles. The molecule has 1 saturated carbocycles. The van der Waals surface area contributed by atoms with Crippen molar-refractivity contribution in [2.45, 2.75) is 44.6 Å². The van der Waals surface area contributed by atoms with E-state index in [0.717, 1.165) is 25.7 Å². The zero-order chi connectivity index (χ0) is 7.40. The third-order valence-corrected chi connectivity index (χ3v) is 2.00. The van der Waals surface area contributed by atoms with E-state index >= 15 is 0 Å². The van der Waals surface area contributed by atoms with Gasteiger partial charge in [0.05, 0.1) is 6.10 Å². The average Bonchev–Trinajstić information content (AvgIpc) is 1.90. The molecule has 0 radical (unpaired) electrons. The van der Waals surface area contributed by atoms with Crippen molar-refractivity contribution in [1.82, 2.24) is 0 Å². The van der Waals surface area contributed by atoms with Gasteiger partial charge in [0.1, 0.15) is 5.78 Å². The highest BCUT2D eigenvalue weighted by atomic mass is 16.3. The SMILES string of the molecule is O=C1CCCCC(O)CC1. The number of rotatable bonds is 0. The predicted octanol–water partition coefficient (Wildman–Crippen LogP) is 1.27. The van der Waals surface area contributed by atoms with Gasteiger partial charge in [0, 0.05) is 12.8 Å². The van der Waals surface area contributed by atoms with Gasteiger partial charge in [-0.05, 0) is 19.3 Å². The van der Waals surface area contributed by atoms with Crippen LogP contribution in [0.4, 0.5) is 0 Å². The minimum atomic E-state index is -0.218. The first-order chi connectivity index (χ1) is 4.79. The van der Waals surface area contributed by atoms with Crippen molar-refractivity contribution in [3.8, 4) is 0 Å². The molecule has 1 unspecified atom stereocenters. The largest absolute Gasteiger partial charge is 0.393 e. The number of Topliss-reactive ketones (excluding diaryl/α,β-unsaturated/α-hetero) is 1. The first-order valence-electron chi connectivity index (χ1n) is 3.99. The molecule has 1 aliphatic rings. The van der Waals surface area contributed by atoms with E-state index in [1.165, 1.54) is 0 Å². The van der Waals surface area contributed by atoms with Gasteiger partial charge in [0.2, 0.25) is 0 Å². The molecule has 0 spiro atoms. The maximum absolute atomic E-state index is 10.9. The lowest BCUT2D eigenvalue weighted by Gasteiger charge is -2.12. The summed E-state index contributed by atoms with van der Waals surface area (Å²) in [5, 5.41) is 9.18. The number of hydrogen-bond acceptors (Lipinski definition) is 2. The number of aliphatic hydroxyl groups is 1. The molecule has 0 amide bonds. The molecule has 0 heterocycles. The van der Waals surface area contributed by atoms with Crippen molar-refractivity contribution in [1.29, 1.82) is 0 Å². The molecule has 0 bridgehead atoms. The number of aliphatic hydroxyl groups excluding tert-OH is 1. The van der Waals surface area contributed by atoms with Gasteiger partial charge in [-0.25, -0.2) is 0 Å². The molecule has 2 nitrogen and oxygen atoms in total. The van der Waals surface area contributed by atoms with E-state index in [4.69, 9.17) is 0 Å². The topological polar surface area (TPSA) is 37.3 Å². The summed E-state index contributed by atoms with van der Waals surface area (Å²) in [5.41, 5.74) is 0. The summed E-state index contributed by atoms with van der Waals surface area (Å²) in [6, 6.07) is 0. The normalized spacial score (nSPS) is 29.3. The van der Waals surface area contributed by atoms with Crippen molar-refractivity contribution in [3.05, 3.63) is 0 Å². The monoisotopic (exact) mass is 142 g/mol. The summed E-state index contributed by atoms with van der Waals surface area (Å²) in [6.07, 6.45) is 4.63. The fourth-order valence-corrected chi connectivity index (χ4v) is 1.30. The molecule has 1 N–H and O–H groups in total. The number of carbonyl (C=O) groups is 1. The van der Waals surface area contributed by atoms with Crippen LogP contribution in [0.5, 0.6) is 0 Å². The average molecular weight is 142 g/mol. The molecular formula is C8H14O2. The van der Waals surface area contributed by atoms with Crippen molar-refractivity contribution in [2.75, 3.05) is 0 Å². The van der Waals surface area contributed by atoms with Crippen LogP contribution in [-0.4, -0.2) is 17.0 Å². The Morgan fingerprint density at radius 3 is 2.80 bits per heavy atom. The van der Waals surface area contributed by atoms with Crippen LogP contribution in [0.2, 0.25) is 0 Å². The van der Waals surface area contributed by atoms with Gasteiger partial charge in [0.25, 0.3) is 0 Å². The Balaban J connectivity index is 2.29. The van der Waals surface area contributed by atoms with Crippen LogP contribution >= 0.6 is 0 Å². The quantitative estimate of drug-likeness (QED) is 0.553. The maximum atomic E-state index is 10.9. The molecule has 0 aliphatic heterocycles. The highest BCUT2D eigenvalue weighted by Gasteiger charge is 2.11. The lowest BCUT2D eigenvalue weighted by atomic mass is 9.98. The predicted molar refractivity (Wildman–Crippen MR) is 38.7 cm³/mol. The van der Waals surface area contributed by atoms with Crippen LogP contribution in [0.25, 0.3) is 0 Å². The molecule has 0 aromatic heterocycles. The standard InChI is InChI=1S/C8H14O2/c9-7-3-1-2-4-8(10)6-5-7/h7,9H,1-6H2. The summed E-state index contributed by atoms with van der Waals surface area (Å²) in [4.78, 5) is 10.9. The minimum absolute atomic E-state index is 0.218. The van der Waals surface area contributed by atoms with Crippen molar-refractivity contribution >= 4 is 5.78 Å². The van der Waals surface area contributed by atoms with Gasteiger partial charge in [-0.1, -0.05) is 6.42 Å². The molecule has 0 aromatic carbocycles. The van der Waals surface area contributed by atoms with E-state index in [0.29, 0.717) is 18.6 Å². The van der Waals surface area contributed by atoms with Gasteiger partial charge in [-0.2, -0.15) is 0 Å². The van der Waals surface area contributed by atoms with Gasteiger partial charge in [-0.3, -0.25) is 4.79 Å². The number of hydrogen-bond donors (Lipinski definition) is 1. The highest BCUT2D eigenvalue weighted by Crippen LogP contribution is 2.14. The van der Waals surface area contributed by atoms with Crippen LogP contribution < -0.4 is 0 Å². The smallest absolute Gasteiger partial charge is 0.133 e. The Bertz CT molecular complexity index is 120. The molecule has 1 rings (SSSR count). The lowest BCUT2D eigenvalue weighted by molar-refractivity contribution is -0.120. The fraction of sp³-hybridized carbons (Fsp3) is 0.875. The second-order valence-corrected chi connectivity index (χ2v) is 2.98. The van der Waals surface area contributed by atoms with Crippen molar-refractivity contribution < 1.29 is 9.90 Å². The molecule has 0 aromatic rings. The molecule has 10 heavy (non-hydrogen) atoms. The molecule has 1 aliphatic carbocycles. The van der Waals surface area contributed by atoms with E-state index in [2.05, 4.69) is 0 Å². The van der Waals surface area contributed by atoms with Crippen LogP contribution in [-0.2, 0) is 4.79 Å². The van der Waals surface area contributed by atoms with Gasteiger partial charge in [0.15, 0.2) is 0 Å². The van der Waals surface area contributed by atoms with Crippen molar-refractivity contribution in [3.63, 3.8) is 0 Å². The third kappa shape index (κ3) is 2.48. The Hall–Kier alpha value is -0.370. The zero-order valence-corrected chi connectivity index (χ0v) is 6.18. The van der Waals surface area contributed by atoms with E-state index in [-0.39, 0.29) is 6.10 Å². The van der Waals surface area contributed by atoms with Crippen LogP contribution in [0.3, 0.4) is 0 Å². The Labute approximate surface area is 61.2 Å². The first-order valence-corrected chi connectivity index (χ1v) is 3.99. The molecular weight excluding hydrogens is 128 g/mol. The number of carbonyl (C=O) groups excluding carboxylic acids is 1. The summed E-state index contributed by atoms with van der Waals surface area (Å²) >= 11 is 0. The van der Waals surface area contributed by atoms with E-state index in [1.807, 2.05) is 0 Å². The molecule has 2 heteroatoms. The van der Waals surface area contributed by atoms with Crippen molar-refractivity contribution in [2.24, 2.45) is 0 Å². The second kappa shape index (κ2) is 3.71. The number of ketones is 1. The van der Waals surface area contributed by atoms with Crippen LogP contribution in [0.15, 0.2) is 0 Å². The van der Waals surface area contributed by atoms with Gasteiger partial charge >= 0.3 is 0 Å². The maximum Gasteiger partial charge on any atom is 0.133 e. The molecule has 1 atom stereocenters. The van der Waals surface area contributed by atoms with Gasteiger partial charge in [-0.15, -0.1) is 0 Å². The Morgan fingerprint density at radius 1 is 1.20 bits per heavy atom. The first kappa shape index (κ1) is 7.73. The van der Waals surface area contributed by atoms with Gasteiger partial charge < -0.3 is 5.11 Å². The van der Waals surface area contributed by atoms with E-state index in [1.54, 1.807) is 0 Å². The Kier molecular flexibility index (Phi) is 2.87. The highest BCUT2D eigenvalue weighted by molar-refractivity contribution is 5.78. The van der Waals surface area contributed by atoms with Crippen LogP contribution in [0.1, 0.15) is 38.5 Å². The summed E-state index contributed by atoms with van der Waals surface area (Å²) in [7, 11) is 0. The third-order valence-electron chi connectivity index (χ3n) is 2.00. The van der Waals surface area contributed by atoms with E-state index in [9.17, 15) is 9.90 Å². The molecule has 1 fully saturated rings. The summed E-state index contributed by atoms with van der Waals surface area (Å²) in [6.45, 7) is 0. The molecule has 58 valence electrons. The van der Waals surface area contributed by atoms with E-state index < -0.39 is 0 Å². The Morgan fingerprint density at radius 2 is 2.00 bits per heavy atom. The fourth-order valence-electron chi connectivity index (χ4n) is 1.30.